The van der Waals surface area contributed by atoms with E-state index in [2.05, 4.69) is 0 Å². The van der Waals surface area contributed by atoms with Crippen LogP contribution in [0.25, 0.3) is 0 Å². The van der Waals surface area contributed by atoms with Crippen LogP contribution in [0.4, 0.5) is 10.5 Å². The molecule has 0 atom stereocenters. The first-order valence-electron chi connectivity index (χ1n) is 8.58. The molecule has 0 saturated carbocycles. The lowest BCUT2D eigenvalue weighted by Crippen LogP contribution is -2.40. The van der Waals surface area contributed by atoms with Gasteiger partial charge in [-0.05, 0) is 58.1 Å². The summed E-state index contributed by atoms with van der Waals surface area (Å²) in [6.45, 7) is 8.41. The molecule has 0 unspecified atom stereocenters. The summed E-state index contributed by atoms with van der Waals surface area (Å²) in [5.41, 5.74) is 2.50. The Morgan fingerprint density at radius 1 is 1.25 bits per heavy atom. The number of para-hydroxylation sites is 1. The number of amides is 1. The molecule has 1 aromatic carbocycles. The van der Waals surface area contributed by atoms with Crippen molar-refractivity contribution in [2.24, 2.45) is 0 Å². The largest absolute Gasteiger partial charge is 0.466 e. The molecule has 1 aliphatic heterocycles. The summed E-state index contributed by atoms with van der Waals surface area (Å²) in [6.07, 6.45) is 2.38. The minimum atomic E-state index is -0.533. The van der Waals surface area contributed by atoms with Crippen LogP contribution in [0, 0.1) is 0 Å². The van der Waals surface area contributed by atoms with E-state index in [1.54, 1.807) is 11.8 Å². The second-order valence-electron chi connectivity index (χ2n) is 6.97. The molecule has 132 valence electrons. The van der Waals surface area contributed by atoms with Crippen molar-refractivity contribution in [3.05, 3.63) is 29.3 Å². The fourth-order valence-corrected chi connectivity index (χ4v) is 2.90. The lowest BCUT2D eigenvalue weighted by Gasteiger charge is -2.33. The van der Waals surface area contributed by atoms with Gasteiger partial charge < -0.3 is 9.47 Å². The van der Waals surface area contributed by atoms with Gasteiger partial charge in [0.1, 0.15) is 5.60 Å². The maximum Gasteiger partial charge on any atom is 0.414 e. The normalized spacial score (nSPS) is 14.1. The smallest absolute Gasteiger partial charge is 0.414 e. The van der Waals surface area contributed by atoms with Crippen molar-refractivity contribution in [3.63, 3.8) is 0 Å². The highest BCUT2D eigenvalue weighted by atomic mass is 16.6. The number of anilines is 1. The van der Waals surface area contributed by atoms with E-state index in [9.17, 15) is 9.59 Å². The van der Waals surface area contributed by atoms with Crippen molar-refractivity contribution < 1.29 is 19.1 Å². The van der Waals surface area contributed by atoms with Crippen molar-refractivity contribution in [1.82, 2.24) is 0 Å². The number of ether oxygens (including phenoxy) is 2. The van der Waals surface area contributed by atoms with Gasteiger partial charge in [0.15, 0.2) is 0 Å². The summed E-state index contributed by atoms with van der Waals surface area (Å²) in [4.78, 5) is 26.0. The fraction of sp³-hybridized carbons (Fsp3) is 0.579. The molecule has 1 amide bonds. The zero-order chi connectivity index (χ0) is 17.7. The van der Waals surface area contributed by atoms with Crippen LogP contribution in [0.5, 0.6) is 0 Å². The zero-order valence-electron chi connectivity index (χ0n) is 15.1. The average molecular weight is 333 g/mol. The van der Waals surface area contributed by atoms with E-state index < -0.39 is 5.60 Å². The summed E-state index contributed by atoms with van der Waals surface area (Å²) < 4.78 is 10.6. The van der Waals surface area contributed by atoms with Gasteiger partial charge in [-0.3, -0.25) is 9.69 Å². The Hall–Kier alpha value is -2.04. The minimum absolute atomic E-state index is 0.213. The topological polar surface area (TPSA) is 55.8 Å². The molecule has 1 aromatic rings. The third kappa shape index (κ3) is 4.73. The predicted octanol–water partition coefficient (Wildman–Crippen LogP) is 3.87. The molecule has 2 rings (SSSR count). The fourth-order valence-electron chi connectivity index (χ4n) is 2.90. The highest BCUT2D eigenvalue weighted by molar-refractivity contribution is 5.90. The Morgan fingerprint density at radius 3 is 2.67 bits per heavy atom. The lowest BCUT2D eigenvalue weighted by atomic mass is 9.95. The van der Waals surface area contributed by atoms with E-state index in [1.807, 2.05) is 39.0 Å². The molecule has 1 heterocycles. The van der Waals surface area contributed by atoms with Crippen LogP contribution in [0.1, 0.15) is 51.7 Å². The van der Waals surface area contributed by atoms with Crippen molar-refractivity contribution >= 4 is 17.7 Å². The summed E-state index contributed by atoms with van der Waals surface area (Å²) in [6, 6.07) is 6.00. The first kappa shape index (κ1) is 18.3. The van der Waals surface area contributed by atoms with Gasteiger partial charge in [0.05, 0.1) is 12.3 Å². The van der Waals surface area contributed by atoms with Crippen molar-refractivity contribution in [3.8, 4) is 0 Å². The molecule has 0 saturated heterocycles. The molecule has 0 aromatic heterocycles. The van der Waals surface area contributed by atoms with Gasteiger partial charge in [-0.25, -0.2) is 4.79 Å². The third-order valence-electron chi connectivity index (χ3n) is 3.82. The van der Waals surface area contributed by atoms with Gasteiger partial charge in [0.25, 0.3) is 0 Å². The molecule has 24 heavy (non-hydrogen) atoms. The maximum absolute atomic E-state index is 12.6. The molecule has 0 radical (unpaired) electrons. The highest BCUT2D eigenvalue weighted by Crippen LogP contribution is 2.33. The number of hydrogen-bond acceptors (Lipinski definition) is 4. The number of hydrogen-bond donors (Lipinski definition) is 0. The van der Waals surface area contributed by atoms with E-state index in [1.165, 1.54) is 0 Å². The van der Waals surface area contributed by atoms with Gasteiger partial charge in [-0.15, -0.1) is 0 Å². The van der Waals surface area contributed by atoms with Gasteiger partial charge in [-0.2, -0.15) is 0 Å². The Kier molecular flexibility index (Phi) is 5.86. The molecule has 0 fully saturated rings. The second kappa shape index (κ2) is 7.69. The van der Waals surface area contributed by atoms with Crippen LogP contribution < -0.4 is 4.90 Å². The molecule has 0 spiro atoms. The zero-order valence-corrected chi connectivity index (χ0v) is 15.1. The number of aryl methyl sites for hydroxylation is 2. The van der Waals surface area contributed by atoms with Gasteiger partial charge in [0, 0.05) is 13.0 Å². The van der Waals surface area contributed by atoms with Crippen LogP contribution in [0.2, 0.25) is 0 Å². The van der Waals surface area contributed by atoms with E-state index in [-0.39, 0.29) is 12.1 Å². The summed E-state index contributed by atoms with van der Waals surface area (Å²) in [7, 11) is 0. The van der Waals surface area contributed by atoms with Crippen LogP contribution in [0.3, 0.4) is 0 Å². The van der Waals surface area contributed by atoms with Crippen LogP contribution in [-0.2, 0) is 27.1 Å². The van der Waals surface area contributed by atoms with Gasteiger partial charge in [0.2, 0.25) is 0 Å². The minimum Gasteiger partial charge on any atom is -0.466 e. The van der Waals surface area contributed by atoms with E-state index in [0.29, 0.717) is 26.0 Å². The number of nitrogens with zero attached hydrogens (tertiary/aromatic N) is 1. The van der Waals surface area contributed by atoms with Crippen LogP contribution >= 0.6 is 0 Å². The molecule has 0 N–H and O–H groups in total. The maximum atomic E-state index is 12.6. The molecular formula is C19H27NO4. The van der Waals surface area contributed by atoms with E-state index in [4.69, 9.17) is 9.47 Å². The number of rotatable bonds is 4. The number of benzene rings is 1. The lowest BCUT2D eigenvalue weighted by molar-refractivity contribution is -0.143. The van der Waals surface area contributed by atoms with Gasteiger partial charge >= 0.3 is 12.1 Å². The van der Waals surface area contributed by atoms with E-state index >= 15 is 0 Å². The Labute approximate surface area is 143 Å². The summed E-state index contributed by atoms with van der Waals surface area (Å²) in [5, 5.41) is 0. The molecule has 5 heteroatoms. The second-order valence-corrected chi connectivity index (χ2v) is 6.97. The SMILES string of the molecule is CCOC(=O)CCc1cccc2c1N(C(=O)OC(C)(C)C)CCC2. The Bertz CT molecular complexity index is 604. The van der Waals surface area contributed by atoms with Crippen molar-refractivity contribution in [2.75, 3.05) is 18.1 Å². The third-order valence-corrected chi connectivity index (χ3v) is 3.82. The van der Waals surface area contributed by atoms with Crippen molar-refractivity contribution in [1.29, 1.82) is 0 Å². The average Bonchev–Trinajstić information content (AvgIpc) is 2.51. The molecule has 0 aliphatic carbocycles. The molecule has 1 aliphatic rings. The van der Waals surface area contributed by atoms with Crippen molar-refractivity contribution in [2.45, 2.75) is 59.0 Å². The van der Waals surface area contributed by atoms with Crippen LogP contribution in [0.15, 0.2) is 18.2 Å². The highest BCUT2D eigenvalue weighted by Gasteiger charge is 2.29. The van der Waals surface area contributed by atoms with Crippen LogP contribution in [-0.4, -0.2) is 30.8 Å². The number of fused-ring (bicyclic) bond motifs is 1. The number of esters is 1. The number of carbonyl (C=O) groups excluding carboxylic acids is 2. The monoisotopic (exact) mass is 333 g/mol. The molecule has 0 bridgehead atoms. The Balaban J connectivity index is 2.23. The molecule has 5 nitrogen and oxygen atoms in total. The standard InChI is InChI=1S/C19H27NO4/c1-5-23-16(21)12-11-15-9-6-8-14-10-7-13-20(17(14)15)18(22)24-19(2,3)4/h6,8-9H,5,7,10-13H2,1-4H3. The van der Waals surface area contributed by atoms with Gasteiger partial charge in [-0.1, -0.05) is 18.2 Å². The number of carbonyl (C=O) groups is 2. The summed E-state index contributed by atoms with van der Waals surface area (Å²) in [5.74, 6) is -0.213. The van der Waals surface area contributed by atoms with E-state index in [0.717, 1.165) is 29.7 Å². The molecular weight excluding hydrogens is 306 g/mol. The first-order chi connectivity index (χ1) is 11.3. The predicted molar refractivity (Wildman–Crippen MR) is 93.3 cm³/mol. The Morgan fingerprint density at radius 2 is 2.00 bits per heavy atom. The summed E-state index contributed by atoms with van der Waals surface area (Å²) >= 11 is 0. The quantitative estimate of drug-likeness (QED) is 0.785. The first-order valence-corrected chi connectivity index (χ1v) is 8.58.